The van der Waals surface area contributed by atoms with Crippen molar-refractivity contribution >= 4 is 11.0 Å². The third-order valence-corrected chi connectivity index (χ3v) is 2.36. The van der Waals surface area contributed by atoms with Gasteiger partial charge >= 0.3 is 0 Å². The van der Waals surface area contributed by atoms with Gasteiger partial charge in [-0.3, -0.25) is 0 Å². The van der Waals surface area contributed by atoms with E-state index in [1.54, 1.807) is 13.3 Å². The van der Waals surface area contributed by atoms with Crippen LogP contribution in [0.15, 0.2) is 29.0 Å². The number of oxazole rings is 1. The lowest BCUT2D eigenvalue weighted by atomic mass is 10.1. The molecule has 0 bridgehead atoms. The van der Waals surface area contributed by atoms with Crippen LogP contribution in [-0.2, 0) is 0 Å². The van der Waals surface area contributed by atoms with Gasteiger partial charge < -0.3 is 14.1 Å². The first-order valence-electron chi connectivity index (χ1n) is 4.73. The molecular formula is C11H8N3O2. The maximum absolute atomic E-state index is 5.34. The molecule has 5 heteroatoms. The fourth-order valence-electron chi connectivity index (χ4n) is 1.66. The van der Waals surface area contributed by atoms with Crippen molar-refractivity contribution in [2.24, 2.45) is 0 Å². The van der Waals surface area contributed by atoms with Gasteiger partial charge in [0.05, 0.1) is 24.4 Å². The summed E-state index contributed by atoms with van der Waals surface area (Å²) in [7, 11) is 1.59. The number of aromatic amines is 1. The third-order valence-electron chi connectivity index (χ3n) is 2.36. The summed E-state index contributed by atoms with van der Waals surface area (Å²) in [4.78, 5) is 11.1. The second-order valence-electron chi connectivity index (χ2n) is 3.23. The summed E-state index contributed by atoms with van der Waals surface area (Å²) in [6.07, 6.45) is 5.80. The number of rotatable bonds is 2. The monoisotopic (exact) mass is 214 g/mol. The topological polar surface area (TPSA) is 63.9 Å². The minimum Gasteiger partial charge on any atom is -0.494 e. The van der Waals surface area contributed by atoms with E-state index >= 15 is 0 Å². The summed E-state index contributed by atoms with van der Waals surface area (Å²) in [5.41, 5.74) is 2.37. The van der Waals surface area contributed by atoms with Gasteiger partial charge in [-0.15, -0.1) is 0 Å². The van der Waals surface area contributed by atoms with Gasteiger partial charge in [0.2, 0.25) is 5.89 Å². The molecule has 79 valence electrons. The van der Waals surface area contributed by atoms with Gasteiger partial charge in [0.25, 0.3) is 0 Å². The number of hydrogen-bond acceptors (Lipinski definition) is 4. The molecule has 0 amide bonds. The van der Waals surface area contributed by atoms with Crippen molar-refractivity contribution < 1.29 is 9.15 Å². The second-order valence-corrected chi connectivity index (χ2v) is 3.23. The van der Waals surface area contributed by atoms with Crippen LogP contribution in [0.2, 0.25) is 0 Å². The number of aromatic nitrogens is 3. The molecule has 3 aromatic rings. The highest BCUT2D eigenvalue weighted by Gasteiger charge is 2.14. The molecule has 0 aliphatic heterocycles. The molecule has 0 saturated heterocycles. The molecule has 0 fully saturated rings. The molecule has 3 rings (SSSR count). The van der Waals surface area contributed by atoms with Gasteiger partial charge in [-0.05, 0) is 12.1 Å². The molecule has 1 N–H and O–H groups in total. The number of nitrogens with zero attached hydrogens (tertiary/aromatic N) is 2. The summed E-state index contributed by atoms with van der Waals surface area (Å²) in [5, 5.41) is 0. The number of ether oxygens (including phenoxy) is 1. The Morgan fingerprint density at radius 1 is 1.44 bits per heavy atom. The van der Waals surface area contributed by atoms with Crippen molar-refractivity contribution in [1.82, 2.24) is 15.0 Å². The number of methoxy groups -OCH3 is 1. The fourth-order valence-corrected chi connectivity index (χ4v) is 1.66. The van der Waals surface area contributed by atoms with Crippen molar-refractivity contribution in [2.45, 2.75) is 0 Å². The van der Waals surface area contributed by atoms with Crippen molar-refractivity contribution in [3.05, 3.63) is 30.9 Å². The Morgan fingerprint density at radius 3 is 3.12 bits per heavy atom. The molecule has 0 aliphatic rings. The van der Waals surface area contributed by atoms with Gasteiger partial charge in [0, 0.05) is 0 Å². The van der Waals surface area contributed by atoms with Gasteiger partial charge in [-0.1, -0.05) is 0 Å². The number of imidazole rings is 1. The SMILES string of the molecule is COc1c(-c2ncco2)ccc2[nH][c]nc12. The quantitative estimate of drug-likeness (QED) is 0.708. The highest BCUT2D eigenvalue weighted by atomic mass is 16.5. The van der Waals surface area contributed by atoms with E-state index < -0.39 is 0 Å². The zero-order valence-electron chi connectivity index (χ0n) is 8.52. The zero-order valence-corrected chi connectivity index (χ0v) is 8.52. The number of nitrogens with one attached hydrogen (secondary N) is 1. The molecule has 0 saturated carbocycles. The standard InChI is InChI=1S/C11H8N3O2/c1-15-10-7(11-12-4-5-16-11)2-3-8-9(10)14-6-13-8/h2-5H,1H3,(H,13,14). The van der Waals surface area contributed by atoms with Crippen LogP contribution < -0.4 is 4.74 Å². The minimum atomic E-state index is 0.516. The molecule has 1 aromatic carbocycles. The van der Waals surface area contributed by atoms with E-state index in [-0.39, 0.29) is 0 Å². The number of benzene rings is 1. The minimum absolute atomic E-state index is 0.516. The van der Waals surface area contributed by atoms with Crippen LogP contribution >= 0.6 is 0 Å². The van der Waals surface area contributed by atoms with E-state index in [9.17, 15) is 0 Å². The van der Waals surface area contributed by atoms with Gasteiger partial charge in [0.15, 0.2) is 12.1 Å². The highest BCUT2D eigenvalue weighted by molar-refractivity contribution is 5.88. The molecular weight excluding hydrogens is 206 g/mol. The lowest BCUT2D eigenvalue weighted by molar-refractivity contribution is 0.418. The maximum Gasteiger partial charge on any atom is 0.229 e. The fraction of sp³-hybridized carbons (Fsp3) is 0.0909. The van der Waals surface area contributed by atoms with Crippen LogP contribution in [0.3, 0.4) is 0 Å². The first-order valence-corrected chi connectivity index (χ1v) is 4.73. The molecule has 0 atom stereocenters. The van der Waals surface area contributed by atoms with Crippen LogP contribution in [0.4, 0.5) is 0 Å². The Bertz CT molecular complexity index is 613. The Hall–Kier alpha value is -2.30. The molecule has 1 radical (unpaired) electrons. The Kier molecular flexibility index (Phi) is 1.89. The van der Waals surface area contributed by atoms with E-state index in [0.717, 1.165) is 16.6 Å². The average molecular weight is 214 g/mol. The number of fused-ring (bicyclic) bond motifs is 1. The summed E-state index contributed by atoms with van der Waals surface area (Å²) >= 11 is 0. The van der Waals surface area contributed by atoms with Crippen molar-refractivity contribution in [3.8, 4) is 17.2 Å². The first-order chi connectivity index (χ1) is 7.90. The van der Waals surface area contributed by atoms with Crippen LogP contribution in [0.5, 0.6) is 5.75 Å². The molecule has 0 aliphatic carbocycles. The summed E-state index contributed by atoms with van der Waals surface area (Å²) < 4.78 is 10.6. The molecule has 2 aromatic heterocycles. The van der Waals surface area contributed by atoms with Crippen LogP contribution in [0, 0.1) is 6.33 Å². The lowest BCUT2D eigenvalue weighted by Gasteiger charge is -2.05. The van der Waals surface area contributed by atoms with Crippen molar-refractivity contribution in [3.63, 3.8) is 0 Å². The normalized spacial score (nSPS) is 10.8. The Labute approximate surface area is 91.1 Å². The highest BCUT2D eigenvalue weighted by Crippen LogP contribution is 2.34. The van der Waals surface area contributed by atoms with Crippen LogP contribution in [0.25, 0.3) is 22.5 Å². The van der Waals surface area contributed by atoms with Crippen LogP contribution in [-0.4, -0.2) is 22.1 Å². The predicted molar refractivity (Wildman–Crippen MR) is 57.0 cm³/mol. The van der Waals surface area contributed by atoms with Gasteiger partial charge in [-0.25, -0.2) is 9.97 Å². The van der Waals surface area contributed by atoms with Gasteiger partial charge in [-0.2, -0.15) is 0 Å². The second kappa shape index (κ2) is 3.37. The molecule has 5 nitrogen and oxygen atoms in total. The summed E-state index contributed by atoms with van der Waals surface area (Å²) in [6, 6.07) is 3.76. The maximum atomic E-state index is 5.34. The van der Waals surface area contributed by atoms with E-state index in [1.807, 2.05) is 12.1 Å². The van der Waals surface area contributed by atoms with E-state index in [1.165, 1.54) is 6.26 Å². The Balaban J connectivity index is 2.32. The van der Waals surface area contributed by atoms with E-state index in [2.05, 4.69) is 21.3 Å². The molecule has 0 unspecified atom stereocenters. The van der Waals surface area contributed by atoms with Crippen LogP contribution in [0.1, 0.15) is 0 Å². The first kappa shape index (κ1) is 8.96. The van der Waals surface area contributed by atoms with E-state index in [4.69, 9.17) is 9.15 Å². The summed E-state index contributed by atoms with van der Waals surface area (Å²) in [6.45, 7) is 0. The summed E-state index contributed by atoms with van der Waals surface area (Å²) in [5.74, 6) is 1.15. The van der Waals surface area contributed by atoms with Gasteiger partial charge in [0.1, 0.15) is 11.8 Å². The van der Waals surface area contributed by atoms with E-state index in [0.29, 0.717) is 11.6 Å². The molecule has 16 heavy (non-hydrogen) atoms. The smallest absolute Gasteiger partial charge is 0.229 e. The lowest BCUT2D eigenvalue weighted by Crippen LogP contribution is -1.89. The Morgan fingerprint density at radius 2 is 2.38 bits per heavy atom. The third kappa shape index (κ3) is 1.18. The zero-order chi connectivity index (χ0) is 11.0. The molecule has 0 spiro atoms. The van der Waals surface area contributed by atoms with Crippen molar-refractivity contribution in [1.29, 1.82) is 0 Å². The number of H-pyrrole nitrogens is 1. The average Bonchev–Trinajstić information content (AvgIpc) is 2.97. The largest absolute Gasteiger partial charge is 0.494 e. The predicted octanol–water partition coefficient (Wildman–Crippen LogP) is 2.03. The number of hydrogen-bond donors (Lipinski definition) is 1. The molecule has 2 heterocycles. The van der Waals surface area contributed by atoms with Crippen molar-refractivity contribution in [2.75, 3.05) is 7.11 Å².